The molecule has 1 aromatic heterocycles. The number of aryl methyl sites for hydroxylation is 1. The second-order valence-corrected chi connectivity index (χ2v) is 8.06. The third-order valence-electron chi connectivity index (χ3n) is 4.35. The maximum atomic E-state index is 12.2. The van der Waals surface area contributed by atoms with Gasteiger partial charge in [0.1, 0.15) is 0 Å². The van der Waals surface area contributed by atoms with Gasteiger partial charge in [0.15, 0.2) is 5.13 Å². The summed E-state index contributed by atoms with van der Waals surface area (Å²) in [5.41, 5.74) is 4.37. The first-order valence-corrected chi connectivity index (χ1v) is 10.6. The van der Waals surface area contributed by atoms with Crippen molar-refractivity contribution in [1.29, 1.82) is 0 Å². The van der Waals surface area contributed by atoms with Crippen LogP contribution in [0.3, 0.4) is 0 Å². The van der Waals surface area contributed by atoms with Crippen LogP contribution < -0.4 is 10.6 Å². The minimum atomic E-state index is -0.0938. The summed E-state index contributed by atoms with van der Waals surface area (Å²) in [6.07, 6.45) is 1.03. The van der Waals surface area contributed by atoms with E-state index in [1.165, 1.54) is 22.5 Å². The molecule has 1 unspecified atom stereocenters. The molecule has 3 aromatic rings. The molecule has 1 amide bonds. The number of benzene rings is 2. The average Bonchev–Trinajstić information content (AvgIpc) is 3.15. The van der Waals surface area contributed by atoms with Crippen molar-refractivity contribution in [3.05, 3.63) is 69.5 Å². The number of halogens is 1. The summed E-state index contributed by atoms with van der Waals surface area (Å²) in [7, 11) is 0. The van der Waals surface area contributed by atoms with Crippen LogP contribution in [-0.4, -0.2) is 17.4 Å². The fourth-order valence-corrected chi connectivity index (χ4v) is 3.65. The van der Waals surface area contributed by atoms with E-state index in [1.807, 2.05) is 29.6 Å². The molecule has 27 heavy (non-hydrogen) atoms. The molecule has 3 rings (SSSR count). The molecule has 1 heterocycles. The first kappa shape index (κ1) is 19.7. The molecule has 0 saturated carbocycles. The van der Waals surface area contributed by atoms with E-state index in [9.17, 15) is 4.79 Å². The number of anilines is 1. The number of aromatic nitrogens is 1. The Morgan fingerprint density at radius 2 is 1.85 bits per heavy atom. The van der Waals surface area contributed by atoms with E-state index in [4.69, 9.17) is 0 Å². The van der Waals surface area contributed by atoms with Crippen molar-refractivity contribution in [3.63, 3.8) is 0 Å². The van der Waals surface area contributed by atoms with Crippen LogP contribution in [-0.2, 0) is 11.2 Å². The predicted molar refractivity (Wildman–Crippen MR) is 116 cm³/mol. The van der Waals surface area contributed by atoms with E-state index in [0.717, 1.165) is 22.2 Å². The predicted octanol–water partition coefficient (Wildman–Crippen LogP) is 5.42. The molecule has 0 spiro atoms. The summed E-state index contributed by atoms with van der Waals surface area (Å²) in [4.78, 5) is 16.7. The fraction of sp³-hybridized carbons (Fsp3) is 0.238. The molecule has 2 aromatic carbocycles. The Morgan fingerprint density at radius 1 is 1.15 bits per heavy atom. The van der Waals surface area contributed by atoms with Crippen molar-refractivity contribution >= 4 is 38.3 Å². The Bertz CT molecular complexity index is 891. The van der Waals surface area contributed by atoms with Gasteiger partial charge in [-0.2, -0.15) is 0 Å². The smallest absolute Gasteiger partial charge is 0.240 e. The van der Waals surface area contributed by atoms with Crippen molar-refractivity contribution in [2.45, 2.75) is 26.3 Å². The Hall–Kier alpha value is -2.02. The van der Waals surface area contributed by atoms with Crippen molar-refractivity contribution in [1.82, 2.24) is 10.3 Å². The molecule has 1 atom stereocenters. The van der Waals surface area contributed by atoms with Gasteiger partial charge in [0.05, 0.1) is 12.2 Å². The molecule has 0 aliphatic carbocycles. The van der Waals surface area contributed by atoms with Crippen LogP contribution in [0.25, 0.3) is 11.3 Å². The van der Waals surface area contributed by atoms with Gasteiger partial charge in [-0.1, -0.05) is 59.3 Å². The molecule has 0 saturated heterocycles. The van der Waals surface area contributed by atoms with E-state index in [-0.39, 0.29) is 18.5 Å². The Balaban J connectivity index is 1.52. The number of hydrogen-bond donors (Lipinski definition) is 2. The first-order valence-electron chi connectivity index (χ1n) is 8.88. The molecule has 0 aliphatic rings. The van der Waals surface area contributed by atoms with E-state index in [2.05, 4.69) is 69.7 Å². The number of rotatable bonds is 7. The quantitative estimate of drug-likeness (QED) is 0.512. The fourth-order valence-electron chi connectivity index (χ4n) is 2.65. The maximum absolute atomic E-state index is 12.2. The van der Waals surface area contributed by atoms with E-state index in [1.54, 1.807) is 0 Å². The molecule has 0 fully saturated rings. The summed E-state index contributed by atoms with van der Waals surface area (Å²) < 4.78 is 1.03. The molecule has 0 aliphatic heterocycles. The Kier molecular flexibility index (Phi) is 6.77. The zero-order valence-electron chi connectivity index (χ0n) is 15.3. The molecule has 6 heteroatoms. The summed E-state index contributed by atoms with van der Waals surface area (Å²) >= 11 is 4.86. The Labute approximate surface area is 172 Å². The number of nitrogens with one attached hydrogen (secondary N) is 2. The van der Waals surface area contributed by atoms with E-state index in [0.29, 0.717) is 5.13 Å². The van der Waals surface area contributed by atoms with Crippen LogP contribution in [0.2, 0.25) is 0 Å². The molecule has 0 radical (unpaired) electrons. The number of hydrogen-bond acceptors (Lipinski definition) is 4. The van der Waals surface area contributed by atoms with Crippen LogP contribution in [0.15, 0.2) is 58.4 Å². The highest BCUT2D eigenvalue weighted by atomic mass is 79.9. The van der Waals surface area contributed by atoms with Gasteiger partial charge < -0.3 is 10.6 Å². The number of amides is 1. The average molecular weight is 444 g/mol. The van der Waals surface area contributed by atoms with Gasteiger partial charge >= 0.3 is 0 Å². The highest BCUT2D eigenvalue weighted by Gasteiger charge is 2.10. The minimum absolute atomic E-state index is 0.0938. The summed E-state index contributed by atoms with van der Waals surface area (Å²) in [6, 6.07) is 16.5. The van der Waals surface area contributed by atoms with Gasteiger partial charge in [-0.25, -0.2) is 4.98 Å². The van der Waals surface area contributed by atoms with Crippen LogP contribution in [0.4, 0.5) is 5.13 Å². The lowest BCUT2D eigenvalue weighted by Crippen LogP contribution is -2.30. The van der Waals surface area contributed by atoms with E-state index >= 15 is 0 Å². The molecule has 0 bridgehead atoms. The first-order chi connectivity index (χ1) is 13.0. The maximum Gasteiger partial charge on any atom is 0.240 e. The van der Waals surface area contributed by atoms with Crippen LogP contribution in [0.1, 0.15) is 31.0 Å². The lowest BCUT2D eigenvalue weighted by Gasteiger charge is -2.14. The Morgan fingerprint density at radius 3 is 2.52 bits per heavy atom. The summed E-state index contributed by atoms with van der Waals surface area (Å²) in [6.45, 7) is 4.44. The molecular formula is C21H22BrN3OS. The monoisotopic (exact) mass is 443 g/mol. The van der Waals surface area contributed by atoms with Gasteiger partial charge in [-0.15, -0.1) is 11.3 Å². The zero-order valence-corrected chi connectivity index (χ0v) is 17.7. The largest absolute Gasteiger partial charge is 0.302 e. The van der Waals surface area contributed by atoms with Crippen molar-refractivity contribution in [3.8, 4) is 11.3 Å². The number of carbonyl (C=O) groups excluding carboxylic acids is 1. The SMILES string of the molecule is CCc1ccc(C(C)NCC(=O)Nc2nc(-c3ccc(Br)cc3)cs2)cc1. The van der Waals surface area contributed by atoms with Crippen molar-refractivity contribution in [2.75, 3.05) is 11.9 Å². The van der Waals surface area contributed by atoms with Crippen LogP contribution in [0, 0.1) is 0 Å². The topological polar surface area (TPSA) is 54.0 Å². The van der Waals surface area contributed by atoms with Gasteiger partial charge in [-0.05, 0) is 36.6 Å². The number of carbonyl (C=O) groups is 1. The van der Waals surface area contributed by atoms with Crippen molar-refractivity contribution in [2.24, 2.45) is 0 Å². The zero-order chi connectivity index (χ0) is 19.2. The standard InChI is InChI=1S/C21H22BrN3OS/c1-3-15-4-6-16(7-5-15)14(2)23-12-20(26)25-21-24-19(13-27-21)17-8-10-18(22)11-9-17/h4-11,13-14,23H,3,12H2,1-2H3,(H,24,25,26). The molecular weight excluding hydrogens is 422 g/mol. The number of nitrogens with zero attached hydrogens (tertiary/aromatic N) is 1. The third-order valence-corrected chi connectivity index (χ3v) is 5.63. The molecule has 2 N–H and O–H groups in total. The van der Waals surface area contributed by atoms with Gasteiger partial charge in [0.2, 0.25) is 5.91 Å². The summed E-state index contributed by atoms with van der Waals surface area (Å²) in [5, 5.41) is 8.69. The van der Waals surface area contributed by atoms with E-state index < -0.39 is 0 Å². The lowest BCUT2D eigenvalue weighted by atomic mass is 10.1. The lowest BCUT2D eigenvalue weighted by molar-refractivity contribution is -0.115. The minimum Gasteiger partial charge on any atom is -0.302 e. The van der Waals surface area contributed by atoms with Crippen LogP contribution in [0.5, 0.6) is 0 Å². The normalized spacial score (nSPS) is 12.0. The second kappa shape index (κ2) is 9.26. The molecule has 140 valence electrons. The third kappa shape index (κ3) is 5.48. The van der Waals surface area contributed by atoms with Gasteiger partial charge in [-0.3, -0.25) is 4.79 Å². The van der Waals surface area contributed by atoms with Gasteiger partial charge in [0.25, 0.3) is 0 Å². The van der Waals surface area contributed by atoms with Gasteiger partial charge in [0, 0.05) is 21.5 Å². The molecule has 4 nitrogen and oxygen atoms in total. The number of thiazole rings is 1. The van der Waals surface area contributed by atoms with Crippen molar-refractivity contribution < 1.29 is 4.79 Å². The highest BCUT2D eigenvalue weighted by Crippen LogP contribution is 2.26. The second-order valence-electron chi connectivity index (χ2n) is 6.29. The highest BCUT2D eigenvalue weighted by molar-refractivity contribution is 9.10. The van der Waals surface area contributed by atoms with Crippen LogP contribution >= 0.6 is 27.3 Å². The summed E-state index contributed by atoms with van der Waals surface area (Å²) in [5.74, 6) is -0.0938.